The van der Waals surface area contributed by atoms with Gasteiger partial charge in [-0.3, -0.25) is 4.79 Å². The minimum Gasteiger partial charge on any atom is -0.479 e. The summed E-state index contributed by atoms with van der Waals surface area (Å²) in [5.74, 6) is -0.498. The van der Waals surface area contributed by atoms with Crippen LogP contribution in [0.1, 0.15) is 6.92 Å². The van der Waals surface area contributed by atoms with E-state index in [9.17, 15) is 9.18 Å². The number of halogens is 1. The Kier molecular flexibility index (Phi) is 5.35. The van der Waals surface area contributed by atoms with Gasteiger partial charge in [-0.05, 0) is 19.1 Å². The fourth-order valence-electron chi connectivity index (χ4n) is 1.11. The van der Waals surface area contributed by atoms with Crippen molar-refractivity contribution in [3.8, 4) is 5.75 Å². The molecule has 6 heteroatoms. The fourth-order valence-corrected chi connectivity index (χ4v) is 1.11. The van der Waals surface area contributed by atoms with Crippen molar-refractivity contribution in [3.63, 3.8) is 0 Å². The molecule has 1 rings (SSSR count). The average molecular weight is 242 g/mol. The molecule has 1 aromatic heterocycles. The first kappa shape index (κ1) is 13.4. The molecule has 0 aliphatic carbocycles. The smallest absolute Gasteiger partial charge is 0.260 e. The van der Waals surface area contributed by atoms with Gasteiger partial charge in [0.2, 0.25) is 5.95 Å². The summed E-state index contributed by atoms with van der Waals surface area (Å²) in [6, 6.07) is 2.59. The zero-order valence-electron chi connectivity index (χ0n) is 9.77. The number of nitrogens with one attached hydrogen (secondary N) is 1. The van der Waals surface area contributed by atoms with Crippen LogP contribution in [-0.4, -0.2) is 37.3 Å². The predicted molar refractivity (Wildman–Crippen MR) is 59.2 cm³/mol. The highest BCUT2D eigenvalue weighted by molar-refractivity contribution is 5.80. The average Bonchev–Trinajstić information content (AvgIpc) is 2.32. The molecular weight excluding hydrogens is 227 g/mol. The van der Waals surface area contributed by atoms with Gasteiger partial charge in [-0.15, -0.1) is 0 Å². The van der Waals surface area contributed by atoms with E-state index in [1.165, 1.54) is 18.3 Å². The summed E-state index contributed by atoms with van der Waals surface area (Å²) in [6.07, 6.45) is 0.563. The summed E-state index contributed by atoms with van der Waals surface area (Å²) in [5, 5.41) is 2.63. The minimum atomic E-state index is -0.667. The Balaban J connectivity index is 2.40. The number of rotatable bonds is 6. The van der Waals surface area contributed by atoms with E-state index in [-0.39, 0.29) is 5.91 Å². The van der Waals surface area contributed by atoms with Crippen molar-refractivity contribution < 1.29 is 18.7 Å². The van der Waals surface area contributed by atoms with Crippen molar-refractivity contribution in [2.45, 2.75) is 13.0 Å². The van der Waals surface area contributed by atoms with Crippen LogP contribution >= 0.6 is 0 Å². The van der Waals surface area contributed by atoms with Crippen molar-refractivity contribution in [3.05, 3.63) is 24.3 Å². The normalized spacial score (nSPS) is 11.9. The summed E-state index contributed by atoms with van der Waals surface area (Å²) in [4.78, 5) is 14.9. The molecule has 0 aliphatic heterocycles. The highest BCUT2D eigenvalue weighted by atomic mass is 19.1. The lowest BCUT2D eigenvalue weighted by atomic mass is 10.3. The fraction of sp³-hybridized carbons (Fsp3) is 0.455. The number of carbonyl (C=O) groups is 1. The second kappa shape index (κ2) is 6.80. The molecule has 94 valence electrons. The van der Waals surface area contributed by atoms with E-state index in [1.807, 2.05) is 0 Å². The van der Waals surface area contributed by atoms with E-state index in [4.69, 9.17) is 9.47 Å². The van der Waals surface area contributed by atoms with Crippen LogP contribution in [0.5, 0.6) is 5.75 Å². The number of nitrogens with zero attached hydrogens (tertiary/aromatic N) is 1. The molecule has 1 atom stereocenters. The van der Waals surface area contributed by atoms with Crippen molar-refractivity contribution in [2.24, 2.45) is 0 Å². The third-order valence-electron chi connectivity index (χ3n) is 1.99. The monoisotopic (exact) mass is 242 g/mol. The number of methoxy groups -OCH3 is 1. The molecule has 0 fully saturated rings. The summed E-state index contributed by atoms with van der Waals surface area (Å²) in [5.41, 5.74) is 0. The molecule has 17 heavy (non-hydrogen) atoms. The molecule has 0 saturated heterocycles. The Morgan fingerprint density at radius 1 is 1.59 bits per heavy atom. The molecule has 0 radical (unpaired) electrons. The summed E-state index contributed by atoms with van der Waals surface area (Å²) < 4.78 is 22.6. The number of pyridine rings is 1. The number of amides is 1. The van der Waals surface area contributed by atoms with Crippen molar-refractivity contribution in [2.75, 3.05) is 20.3 Å². The first-order chi connectivity index (χ1) is 8.13. The zero-order valence-corrected chi connectivity index (χ0v) is 9.77. The van der Waals surface area contributed by atoms with E-state index < -0.39 is 12.1 Å². The van der Waals surface area contributed by atoms with Crippen LogP contribution in [0.4, 0.5) is 4.39 Å². The molecule has 0 aromatic carbocycles. The van der Waals surface area contributed by atoms with Gasteiger partial charge in [0.05, 0.1) is 12.8 Å². The maximum Gasteiger partial charge on any atom is 0.260 e. The van der Waals surface area contributed by atoms with Crippen LogP contribution in [0.15, 0.2) is 18.3 Å². The first-order valence-corrected chi connectivity index (χ1v) is 5.18. The molecule has 0 saturated carbocycles. The quantitative estimate of drug-likeness (QED) is 0.590. The summed E-state index contributed by atoms with van der Waals surface area (Å²) in [6.45, 7) is 2.47. The van der Waals surface area contributed by atoms with E-state index >= 15 is 0 Å². The van der Waals surface area contributed by atoms with Gasteiger partial charge in [-0.1, -0.05) is 0 Å². The van der Waals surface area contributed by atoms with Gasteiger partial charge >= 0.3 is 0 Å². The van der Waals surface area contributed by atoms with Gasteiger partial charge in [-0.25, -0.2) is 4.98 Å². The Morgan fingerprint density at radius 2 is 2.35 bits per heavy atom. The van der Waals surface area contributed by atoms with Crippen LogP contribution in [0, 0.1) is 5.95 Å². The molecule has 1 amide bonds. The first-order valence-electron chi connectivity index (χ1n) is 5.18. The Morgan fingerprint density at radius 3 is 2.94 bits per heavy atom. The number of ether oxygens (including phenoxy) is 2. The predicted octanol–water partition coefficient (Wildman–Crippen LogP) is 0.751. The van der Waals surface area contributed by atoms with Crippen LogP contribution < -0.4 is 10.1 Å². The maximum atomic E-state index is 12.5. The number of hydrogen-bond acceptors (Lipinski definition) is 4. The standard InChI is InChI=1S/C11H15FN2O3/c1-8(11(15)13-5-6-16-2)17-9-3-4-10(12)14-7-9/h3-4,7-8H,5-6H2,1-2H3,(H,13,15). The SMILES string of the molecule is COCCNC(=O)C(C)Oc1ccc(F)nc1. The summed E-state index contributed by atoms with van der Waals surface area (Å²) >= 11 is 0. The zero-order chi connectivity index (χ0) is 12.7. The lowest BCUT2D eigenvalue weighted by molar-refractivity contribution is -0.127. The second-order valence-electron chi connectivity index (χ2n) is 3.36. The Labute approximate surface area is 98.9 Å². The highest BCUT2D eigenvalue weighted by Gasteiger charge is 2.13. The molecule has 1 unspecified atom stereocenters. The Bertz CT molecular complexity index is 356. The van der Waals surface area contributed by atoms with Gasteiger partial charge in [0.15, 0.2) is 6.10 Å². The molecule has 0 bridgehead atoms. The van der Waals surface area contributed by atoms with Gasteiger partial charge in [-0.2, -0.15) is 4.39 Å². The third-order valence-corrected chi connectivity index (χ3v) is 1.99. The van der Waals surface area contributed by atoms with Gasteiger partial charge in [0, 0.05) is 13.7 Å². The van der Waals surface area contributed by atoms with Crippen LogP contribution in [0.3, 0.4) is 0 Å². The molecule has 0 aliphatic rings. The summed E-state index contributed by atoms with van der Waals surface area (Å²) in [7, 11) is 1.55. The van der Waals surface area contributed by atoms with Crippen molar-refractivity contribution in [1.29, 1.82) is 0 Å². The van der Waals surface area contributed by atoms with E-state index in [2.05, 4.69) is 10.3 Å². The molecule has 1 N–H and O–H groups in total. The van der Waals surface area contributed by atoms with Gasteiger partial charge in [0.25, 0.3) is 5.91 Å². The van der Waals surface area contributed by atoms with Crippen LogP contribution in [0.2, 0.25) is 0 Å². The molecule has 1 aromatic rings. The molecule has 1 heterocycles. The van der Waals surface area contributed by atoms with Crippen LogP contribution in [-0.2, 0) is 9.53 Å². The van der Waals surface area contributed by atoms with Crippen molar-refractivity contribution >= 4 is 5.91 Å². The maximum absolute atomic E-state index is 12.5. The van der Waals surface area contributed by atoms with Crippen molar-refractivity contribution in [1.82, 2.24) is 10.3 Å². The molecule has 5 nitrogen and oxygen atoms in total. The van der Waals surface area contributed by atoms with E-state index in [1.54, 1.807) is 14.0 Å². The lowest BCUT2D eigenvalue weighted by Gasteiger charge is -2.14. The van der Waals surface area contributed by atoms with Crippen LogP contribution in [0.25, 0.3) is 0 Å². The third kappa shape index (κ3) is 4.78. The van der Waals surface area contributed by atoms with E-state index in [0.717, 1.165) is 0 Å². The number of carbonyl (C=O) groups excluding carboxylic acids is 1. The largest absolute Gasteiger partial charge is 0.479 e. The second-order valence-corrected chi connectivity index (χ2v) is 3.36. The number of aromatic nitrogens is 1. The van der Waals surface area contributed by atoms with E-state index in [0.29, 0.717) is 18.9 Å². The Hall–Kier alpha value is -1.69. The molecule has 0 spiro atoms. The number of hydrogen-bond donors (Lipinski definition) is 1. The topological polar surface area (TPSA) is 60.5 Å². The van der Waals surface area contributed by atoms with Gasteiger partial charge < -0.3 is 14.8 Å². The minimum absolute atomic E-state index is 0.258. The molecular formula is C11H15FN2O3. The lowest BCUT2D eigenvalue weighted by Crippen LogP contribution is -2.37. The highest BCUT2D eigenvalue weighted by Crippen LogP contribution is 2.10. The van der Waals surface area contributed by atoms with Gasteiger partial charge in [0.1, 0.15) is 5.75 Å².